The zero-order chi connectivity index (χ0) is 14.8. The van der Waals surface area contributed by atoms with Crippen LogP contribution in [0.3, 0.4) is 0 Å². The fourth-order valence-corrected chi connectivity index (χ4v) is 1.53. The molecule has 0 fully saturated rings. The standard InChI is InChI=1S/C13H20N4O3/c1-20-7-6-16-12(18)9-15-8-10-2-4-11(5-3-10)13(14)17-19/h2-5,15,19H,6-9H2,1H3,(H2,14,17)(H,16,18). The van der Waals surface area contributed by atoms with Gasteiger partial charge in [0, 0.05) is 25.8 Å². The molecule has 0 unspecified atom stereocenters. The first-order chi connectivity index (χ1) is 9.67. The highest BCUT2D eigenvalue weighted by Gasteiger charge is 2.01. The quantitative estimate of drug-likeness (QED) is 0.171. The molecule has 1 aromatic rings. The van der Waals surface area contributed by atoms with Gasteiger partial charge in [0.05, 0.1) is 13.2 Å². The van der Waals surface area contributed by atoms with Gasteiger partial charge >= 0.3 is 0 Å². The maximum Gasteiger partial charge on any atom is 0.234 e. The molecule has 0 saturated carbocycles. The van der Waals surface area contributed by atoms with Gasteiger partial charge < -0.3 is 26.3 Å². The van der Waals surface area contributed by atoms with Gasteiger partial charge in [0.15, 0.2) is 5.84 Å². The van der Waals surface area contributed by atoms with E-state index in [9.17, 15) is 4.79 Å². The Kier molecular flexibility index (Phi) is 7.08. The molecule has 0 aliphatic carbocycles. The molecule has 5 N–H and O–H groups in total. The number of hydrogen-bond acceptors (Lipinski definition) is 5. The lowest BCUT2D eigenvalue weighted by Crippen LogP contribution is -2.35. The summed E-state index contributed by atoms with van der Waals surface area (Å²) in [5.74, 6) is -0.00245. The number of benzene rings is 1. The number of nitrogens with two attached hydrogens (primary N) is 1. The van der Waals surface area contributed by atoms with Crippen molar-refractivity contribution in [1.82, 2.24) is 10.6 Å². The van der Waals surface area contributed by atoms with E-state index in [2.05, 4.69) is 15.8 Å². The van der Waals surface area contributed by atoms with Crippen LogP contribution in [-0.2, 0) is 16.1 Å². The highest BCUT2D eigenvalue weighted by atomic mass is 16.5. The van der Waals surface area contributed by atoms with Crippen LogP contribution in [0.2, 0.25) is 0 Å². The third kappa shape index (κ3) is 5.68. The molecule has 0 spiro atoms. The SMILES string of the molecule is COCCNC(=O)CNCc1ccc(/C(N)=N/O)cc1. The molecule has 0 aromatic heterocycles. The summed E-state index contributed by atoms with van der Waals surface area (Å²) in [5.41, 5.74) is 7.11. The molecule has 0 bridgehead atoms. The van der Waals surface area contributed by atoms with Gasteiger partial charge in [0.1, 0.15) is 0 Å². The predicted molar refractivity (Wildman–Crippen MR) is 75.5 cm³/mol. The van der Waals surface area contributed by atoms with Crippen molar-refractivity contribution in [2.75, 3.05) is 26.8 Å². The first-order valence-electron chi connectivity index (χ1n) is 6.20. The summed E-state index contributed by atoms with van der Waals surface area (Å²) in [6.07, 6.45) is 0. The Morgan fingerprint density at radius 3 is 2.70 bits per heavy atom. The lowest BCUT2D eigenvalue weighted by molar-refractivity contribution is -0.120. The van der Waals surface area contributed by atoms with Gasteiger partial charge in [0.2, 0.25) is 5.91 Å². The summed E-state index contributed by atoms with van der Waals surface area (Å²) >= 11 is 0. The molecule has 1 aromatic carbocycles. The van der Waals surface area contributed by atoms with E-state index in [4.69, 9.17) is 15.7 Å². The summed E-state index contributed by atoms with van der Waals surface area (Å²) in [4.78, 5) is 11.4. The number of carbonyl (C=O) groups excluding carboxylic acids is 1. The minimum atomic E-state index is -0.0738. The summed E-state index contributed by atoms with van der Waals surface area (Å²) in [7, 11) is 1.59. The second kappa shape index (κ2) is 8.89. The highest BCUT2D eigenvalue weighted by molar-refractivity contribution is 5.96. The third-order valence-electron chi connectivity index (χ3n) is 2.60. The third-order valence-corrected chi connectivity index (χ3v) is 2.60. The molecular weight excluding hydrogens is 260 g/mol. The maximum absolute atomic E-state index is 11.4. The minimum Gasteiger partial charge on any atom is -0.409 e. The van der Waals surface area contributed by atoms with E-state index < -0.39 is 0 Å². The second-order valence-corrected chi connectivity index (χ2v) is 4.13. The maximum atomic E-state index is 11.4. The zero-order valence-corrected chi connectivity index (χ0v) is 11.4. The van der Waals surface area contributed by atoms with Gasteiger partial charge in [-0.05, 0) is 5.56 Å². The molecular formula is C13H20N4O3. The number of nitrogens with one attached hydrogen (secondary N) is 2. The monoisotopic (exact) mass is 280 g/mol. The van der Waals surface area contributed by atoms with Crippen LogP contribution in [0.4, 0.5) is 0 Å². The van der Waals surface area contributed by atoms with Crippen molar-refractivity contribution in [2.45, 2.75) is 6.54 Å². The van der Waals surface area contributed by atoms with Crippen molar-refractivity contribution in [3.63, 3.8) is 0 Å². The molecule has 0 aliphatic rings. The lowest BCUT2D eigenvalue weighted by Gasteiger charge is -2.07. The number of carbonyl (C=O) groups is 1. The van der Waals surface area contributed by atoms with E-state index in [1.54, 1.807) is 19.2 Å². The molecule has 0 heterocycles. The number of rotatable bonds is 8. The van der Waals surface area contributed by atoms with E-state index >= 15 is 0 Å². The van der Waals surface area contributed by atoms with Crippen LogP contribution in [0.5, 0.6) is 0 Å². The van der Waals surface area contributed by atoms with Crippen molar-refractivity contribution >= 4 is 11.7 Å². The molecule has 7 nitrogen and oxygen atoms in total. The average Bonchev–Trinajstić information content (AvgIpc) is 2.47. The van der Waals surface area contributed by atoms with Gasteiger partial charge in [-0.1, -0.05) is 29.4 Å². The Hall–Kier alpha value is -2.12. The summed E-state index contributed by atoms with van der Waals surface area (Å²) in [5, 5.41) is 17.2. The Balaban J connectivity index is 2.30. The number of nitrogens with zero attached hydrogens (tertiary/aromatic N) is 1. The molecule has 0 radical (unpaired) electrons. The molecule has 1 amide bonds. The summed E-state index contributed by atoms with van der Waals surface area (Å²) < 4.78 is 4.83. The fourth-order valence-electron chi connectivity index (χ4n) is 1.53. The van der Waals surface area contributed by atoms with Crippen LogP contribution in [0.25, 0.3) is 0 Å². The normalized spacial score (nSPS) is 11.3. The van der Waals surface area contributed by atoms with Crippen LogP contribution in [-0.4, -0.2) is 43.8 Å². The van der Waals surface area contributed by atoms with Crippen LogP contribution < -0.4 is 16.4 Å². The number of methoxy groups -OCH3 is 1. The zero-order valence-electron chi connectivity index (χ0n) is 11.4. The van der Waals surface area contributed by atoms with Crippen LogP contribution in [0, 0.1) is 0 Å². The topological polar surface area (TPSA) is 109 Å². The van der Waals surface area contributed by atoms with E-state index in [0.29, 0.717) is 25.3 Å². The number of oxime groups is 1. The van der Waals surface area contributed by atoms with Crippen molar-refractivity contribution in [3.05, 3.63) is 35.4 Å². The van der Waals surface area contributed by atoms with Crippen LogP contribution in [0.15, 0.2) is 29.4 Å². The van der Waals surface area contributed by atoms with Crippen molar-refractivity contribution < 1.29 is 14.7 Å². The Morgan fingerprint density at radius 1 is 1.40 bits per heavy atom. The molecule has 7 heteroatoms. The summed E-state index contributed by atoms with van der Waals surface area (Å²) in [6.45, 7) is 1.81. The van der Waals surface area contributed by atoms with E-state index in [1.807, 2.05) is 12.1 Å². The number of ether oxygens (including phenoxy) is 1. The van der Waals surface area contributed by atoms with Crippen LogP contribution in [0.1, 0.15) is 11.1 Å². The smallest absolute Gasteiger partial charge is 0.234 e. The Bertz CT molecular complexity index is 445. The molecule has 0 atom stereocenters. The van der Waals surface area contributed by atoms with Crippen molar-refractivity contribution in [1.29, 1.82) is 0 Å². The van der Waals surface area contributed by atoms with Gasteiger partial charge in [0.25, 0.3) is 0 Å². The fraction of sp³-hybridized carbons (Fsp3) is 0.385. The molecule has 1 rings (SSSR count). The van der Waals surface area contributed by atoms with Crippen molar-refractivity contribution in [3.8, 4) is 0 Å². The molecule has 0 saturated heterocycles. The number of amides is 1. The Morgan fingerprint density at radius 2 is 2.10 bits per heavy atom. The largest absolute Gasteiger partial charge is 0.409 e. The lowest BCUT2D eigenvalue weighted by atomic mass is 10.1. The van der Waals surface area contributed by atoms with Crippen LogP contribution >= 0.6 is 0 Å². The van der Waals surface area contributed by atoms with Gasteiger partial charge in [-0.2, -0.15) is 0 Å². The van der Waals surface area contributed by atoms with E-state index in [1.165, 1.54) is 0 Å². The highest BCUT2D eigenvalue weighted by Crippen LogP contribution is 2.03. The number of amidine groups is 1. The average molecular weight is 280 g/mol. The summed E-state index contributed by atoms with van der Waals surface area (Å²) in [6, 6.07) is 7.21. The second-order valence-electron chi connectivity index (χ2n) is 4.13. The Labute approximate surface area is 117 Å². The minimum absolute atomic E-state index is 0.0713. The molecule has 110 valence electrons. The predicted octanol–water partition coefficient (Wildman–Crippen LogP) is -0.367. The first-order valence-corrected chi connectivity index (χ1v) is 6.20. The first kappa shape index (κ1) is 15.9. The van der Waals surface area contributed by atoms with Gasteiger partial charge in [-0.15, -0.1) is 0 Å². The van der Waals surface area contributed by atoms with Gasteiger partial charge in [-0.25, -0.2) is 0 Å². The van der Waals surface area contributed by atoms with Gasteiger partial charge in [-0.3, -0.25) is 4.79 Å². The molecule has 0 aliphatic heterocycles. The van der Waals surface area contributed by atoms with E-state index in [-0.39, 0.29) is 18.3 Å². The number of hydrogen-bond donors (Lipinski definition) is 4. The molecule has 20 heavy (non-hydrogen) atoms. The van der Waals surface area contributed by atoms with Crippen molar-refractivity contribution in [2.24, 2.45) is 10.9 Å². The van der Waals surface area contributed by atoms with E-state index in [0.717, 1.165) is 5.56 Å².